The number of piperidine rings is 1. The predicted octanol–water partition coefficient (Wildman–Crippen LogP) is 0.206. The van der Waals surface area contributed by atoms with Gasteiger partial charge in [-0.2, -0.15) is 0 Å². The highest BCUT2D eigenvalue weighted by Gasteiger charge is 2.47. The minimum atomic E-state index is -0.607. The van der Waals surface area contributed by atoms with E-state index < -0.39 is 24.2 Å². The van der Waals surface area contributed by atoms with Crippen molar-refractivity contribution in [3.63, 3.8) is 0 Å². The van der Waals surface area contributed by atoms with Gasteiger partial charge in [-0.1, -0.05) is 18.1 Å². The molecule has 0 aliphatic carbocycles. The summed E-state index contributed by atoms with van der Waals surface area (Å²) in [6.07, 6.45) is 5.52. The van der Waals surface area contributed by atoms with Crippen molar-refractivity contribution in [2.45, 2.75) is 25.0 Å². The number of imide groups is 1. The molecule has 152 valence electrons. The van der Waals surface area contributed by atoms with Crippen molar-refractivity contribution in [3.05, 3.63) is 29.8 Å². The number of hydrogen-bond donors (Lipinski definition) is 3. The van der Waals surface area contributed by atoms with Crippen LogP contribution in [0.4, 0.5) is 10.5 Å². The molecule has 9 nitrogen and oxygen atoms in total. The van der Waals surface area contributed by atoms with E-state index in [0.717, 1.165) is 4.90 Å². The van der Waals surface area contributed by atoms with Gasteiger partial charge in [0.05, 0.1) is 35.9 Å². The molecule has 0 spiro atoms. The molecule has 0 saturated carbocycles. The van der Waals surface area contributed by atoms with E-state index in [1.54, 1.807) is 31.3 Å². The highest BCUT2D eigenvalue weighted by atomic mass is 16.2. The second kappa shape index (κ2) is 8.32. The fourth-order valence-corrected chi connectivity index (χ4v) is 3.69. The van der Waals surface area contributed by atoms with Gasteiger partial charge in [0.15, 0.2) is 0 Å². The Morgan fingerprint density at radius 2 is 1.97 bits per heavy atom. The maximum Gasteiger partial charge on any atom is 0.327 e. The maximum atomic E-state index is 12.8. The lowest BCUT2D eigenvalue weighted by Gasteiger charge is -2.46. The molecule has 1 aromatic carbocycles. The van der Waals surface area contributed by atoms with Gasteiger partial charge in [-0.25, -0.2) is 4.79 Å². The first kappa shape index (κ1) is 20.4. The first-order chi connectivity index (χ1) is 13.8. The van der Waals surface area contributed by atoms with E-state index in [4.69, 9.17) is 6.42 Å². The molecular weight excluding hydrogens is 374 g/mol. The van der Waals surface area contributed by atoms with E-state index >= 15 is 0 Å². The molecule has 29 heavy (non-hydrogen) atoms. The Hall–Kier alpha value is -3.38. The van der Waals surface area contributed by atoms with Gasteiger partial charge in [0.2, 0.25) is 11.8 Å². The Bertz CT molecular complexity index is 893. The zero-order valence-corrected chi connectivity index (χ0v) is 16.3. The van der Waals surface area contributed by atoms with Crippen LogP contribution in [0.1, 0.15) is 23.2 Å². The first-order valence-electron chi connectivity index (χ1n) is 9.27. The fraction of sp³-hybridized carbons (Fsp3) is 0.400. The minimum Gasteiger partial charge on any atom is -0.341 e. The number of benzene rings is 1. The van der Waals surface area contributed by atoms with Crippen molar-refractivity contribution >= 4 is 29.4 Å². The Kier molecular flexibility index (Phi) is 5.84. The van der Waals surface area contributed by atoms with Crippen LogP contribution in [0.3, 0.4) is 0 Å². The number of urea groups is 1. The summed E-state index contributed by atoms with van der Waals surface area (Å²) in [5.41, 5.74) is 0.659. The van der Waals surface area contributed by atoms with Crippen molar-refractivity contribution < 1.29 is 19.2 Å². The normalized spacial score (nSPS) is 23.8. The highest BCUT2D eigenvalue weighted by molar-refractivity contribution is 6.05. The molecular formula is C20H23N5O4. The predicted molar refractivity (Wildman–Crippen MR) is 106 cm³/mol. The van der Waals surface area contributed by atoms with E-state index in [0.29, 0.717) is 24.1 Å². The van der Waals surface area contributed by atoms with Gasteiger partial charge in [0, 0.05) is 14.1 Å². The molecule has 9 heteroatoms. The third-order valence-electron chi connectivity index (χ3n) is 5.27. The van der Waals surface area contributed by atoms with Crippen LogP contribution in [0.25, 0.3) is 0 Å². The number of terminal acetylenes is 1. The first-order valence-corrected chi connectivity index (χ1v) is 9.27. The zero-order valence-electron chi connectivity index (χ0n) is 16.3. The summed E-state index contributed by atoms with van der Waals surface area (Å²) in [4.78, 5) is 52.2. The van der Waals surface area contributed by atoms with Gasteiger partial charge < -0.3 is 15.5 Å². The molecule has 2 aliphatic heterocycles. The maximum absolute atomic E-state index is 12.8. The lowest BCUT2D eigenvalue weighted by molar-refractivity contribution is -0.141. The Morgan fingerprint density at radius 1 is 1.24 bits per heavy atom. The quantitative estimate of drug-likeness (QED) is 0.629. The number of para-hydroxylation sites is 1. The molecule has 3 N–H and O–H groups in total. The van der Waals surface area contributed by atoms with Crippen molar-refractivity contribution in [3.8, 4) is 12.3 Å². The van der Waals surface area contributed by atoms with Gasteiger partial charge >= 0.3 is 6.03 Å². The van der Waals surface area contributed by atoms with Crippen molar-refractivity contribution in [2.24, 2.45) is 5.92 Å². The summed E-state index contributed by atoms with van der Waals surface area (Å²) in [7, 11) is 3.06. The summed E-state index contributed by atoms with van der Waals surface area (Å²) in [5.74, 6) is 0.957. The minimum absolute atomic E-state index is 0.0806. The molecule has 2 heterocycles. The zero-order chi connectivity index (χ0) is 21.1. The molecule has 3 atom stereocenters. The SMILES string of the molecule is C#CCNC(=O)c1ccccc1NC(=O)C1CCC2C(=O)N(C)C(=O)N(C)C2N1. The van der Waals surface area contributed by atoms with Crippen LogP contribution in [-0.2, 0) is 9.59 Å². The highest BCUT2D eigenvalue weighted by Crippen LogP contribution is 2.29. The van der Waals surface area contributed by atoms with Crippen LogP contribution in [-0.4, -0.2) is 66.4 Å². The van der Waals surface area contributed by atoms with Crippen LogP contribution >= 0.6 is 0 Å². The number of nitrogens with one attached hydrogen (secondary N) is 3. The summed E-state index contributed by atoms with van der Waals surface area (Å²) in [6.45, 7) is 0.0806. The Labute approximate surface area is 168 Å². The van der Waals surface area contributed by atoms with Gasteiger partial charge in [0.1, 0.15) is 0 Å². The molecule has 0 aromatic heterocycles. The molecule has 1 aromatic rings. The summed E-state index contributed by atoms with van der Waals surface area (Å²) in [5, 5.41) is 8.44. The van der Waals surface area contributed by atoms with E-state index in [1.165, 1.54) is 11.9 Å². The number of amides is 5. The lowest BCUT2D eigenvalue weighted by Crippen LogP contribution is -2.68. The Morgan fingerprint density at radius 3 is 2.69 bits per heavy atom. The molecule has 0 radical (unpaired) electrons. The van der Waals surface area contributed by atoms with Crippen LogP contribution in [0, 0.1) is 18.3 Å². The molecule has 2 aliphatic rings. The molecule has 2 saturated heterocycles. The second-order valence-electron chi connectivity index (χ2n) is 7.06. The number of carbonyl (C=O) groups is 4. The average Bonchev–Trinajstić information content (AvgIpc) is 2.74. The molecule has 5 amide bonds. The van der Waals surface area contributed by atoms with Crippen LogP contribution < -0.4 is 16.0 Å². The van der Waals surface area contributed by atoms with E-state index in [9.17, 15) is 19.2 Å². The summed E-state index contributed by atoms with van der Waals surface area (Å²) in [6, 6.07) is 5.59. The number of nitrogens with zero attached hydrogens (tertiary/aromatic N) is 2. The lowest BCUT2D eigenvalue weighted by atomic mass is 9.88. The smallest absolute Gasteiger partial charge is 0.327 e. The van der Waals surface area contributed by atoms with Gasteiger partial charge in [-0.3, -0.25) is 24.6 Å². The number of hydrogen-bond acceptors (Lipinski definition) is 5. The number of fused-ring (bicyclic) bond motifs is 1. The topological polar surface area (TPSA) is 111 Å². The Balaban J connectivity index is 1.72. The third kappa shape index (κ3) is 3.93. The van der Waals surface area contributed by atoms with E-state index in [2.05, 4.69) is 21.9 Å². The standard InChI is InChI=1S/C20H23N5O4/c1-4-11-21-17(26)12-7-5-6-8-14(12)23-18(27)15-10-9-13-16(22-15)24(2)20(29)25(3)19(13)28/h1,5-8,13,15-16,22H,9-11H2,2-3H3,(H,21,26)(H,23,27). The second-order valence-corrected chi connectivity index (χ2v) is 7.06. The molecule has 3 rings (SSSR count). The number of rotatable bonds is 4. The molecule has 3 unspecified atom stereocenters. The molecule has 2 fully saturated rings. The fourth-order valence-electron chi connectivity index (χ4n) is 3.69. The van der Waals surface area contributed by atoms with Crippen molar-refractivity contribution in [1.82, 2.24) is 20.4 Å². The summed E-state index contributed by atoms with van der Waals surface area (Å²) < 4.78 is 0. The third-order valence-corrected chi connectivity index (χ3v) is 5.27. The van der Waals surface area contributed by atoms with Crippen LogP contribution in [0.2, 0.25) is 0 Å². The van der Waals surface area contributed by atoms with Gasteiger partial charge in [-0.05, 0) is 25.0 Å². The largest absolute Gasteiger partial charge is 0.341 e. The number of carbonyl (C=O) groups excluding carboxylic acids is 4. The summed E-state index contributed by atoms with van der Waals surface area (Å²) >= 11 is 0. The monoisotopic (exact) mass is 397 g/mol. The molecule has 0 bridgehead atoms. The average molecular weight is 397 g/mol. The number of anilines is 1. The van der Waals surface area contributed by atoms with E-state index in [1.807, 2.05) is 0 Å². The van der Waals surface area contributed by atoms with E-state index in [-0.39, 0.29) is 24.3 Å². The van der Waals surface area contributed by atoms with Crippen molar-refractivity contribution in [2.75, 3.05) is 26.0 Å². The van der Waals surface area contributed by atoms with Gasteiger partial charge in [0.25, 0.3) is 5.91 Å². The van der Waals surface area contributed by atoms with Crippen LogP contribution in [0.5, 0.6) is 0 Å². The van der Waals surface area contributed by atoms with Gasteiger partial charge in [-0.15, -0.1) is 6.42 Å². The van der Waals surface area contributed by atoms with Crippen LogP contribution in [0.15, 0.2) is 24.3 Å². The van der Waals surface area contributed by atoms with Crippen molar-refractivity contribution in [1.29, 1.82) is 0 Å².